The summed E-state index contributed by atoms with van der Waals surface area (Å²) in [5.41, 5.74) is 5.70. The van der Waals surface area contributed by atoms with Gasteiger partial charge in [0.25, 0.3) is 5.91 Å². The van der Waals surface area contributed by atoms with Gasteiger partial charge in [-0.05, 0) is 76.6 Å². The Bertz CT molecular complexity index is 1010. The molecule has 2 aliphatic heterocycles. The van der Waals surface area contributed by atoms with Crippen molar-refractivity contribution in [2.45, 2.75) is 59.0 Å². The first-order valence-corrected chi connectivity index (χ1v) is 10.1. The molecule has 0 spiro atoms. The zero-order valence-corrected chi connectivity index (χ0v) is 17.5. The van der Waals surface area contributed by atoms with E-state index in [1.54, 1.807) is 20.8 Å². The van der Waals surface area contributed by atoms with E-state index in [0.29, 0.717) is 18.5 Å². The van der Waals surface area contributed by atoms with Crippen LogP contribution in [0.15, 0.2) is 30.1 Å². The molecular weight excluding hydrogens is 366 g/mol. The molecule has 0 radical (unpaired) electrons. The minimum absolute atomic E-state index is 0.278. The van der Waals surface area contributed by atoms with Crippen LogP contribution >= 0.6 is 0 Å². The van der Waals surface area contributed by atoms with Gasteiger partial charge < -0.3 is 9.30 Å². The number of piperidine rings is 1. The fourth-order valence-corrected chi connectivity index (χ4v) is 4.04. The van der Waals surface area contributed by atoms with Gasteiger partial charge in [-0.2, -0.15) is 0 Å². The van der Waals surface area contributed by atoms with Gasteiger partial charge in [-0.25, -0.2) is 14.7 Å². The minimum atomic E-state index is -0.632. The van der Waals surface area contributed by atoms with Crippen molar-refractivity contribution in [2.75, 3.05) is 6.54 Å². The van der Waals surface area contributed by atoms with E-state index in [1.165, 1.54) is 16.0 Å². The molecule has 3 heterocycles. The predicted octanol–water partition coefficient (Wildman–Crippen LogP) is 4.22. The molecule has 0 N–H and O–H groups in total. The van der Waals surface area contributed by atoms with Gasteiger partial charge in [-0.3, -0.25) is 4.79 Å². The van der Waals surface area contributed by atoms with Crippen molar-refractivity contribution in [1.29, 1.82) is 0 Å². The highest BCUT2D eigenvalue weighted by atomic mass is 16.6. The lowest BCUT2D eigenvalue weighted by Crippen LogP contribution is -2.44. The normalized spacial score (nSPS) is 17.9. The Morgan fingerprint density at radius 3 is 2.76 bits per heavy atom. The van der Waals surface area contributed by atoms with Crippen LogP contribution < -0.4 is 0 Å². The molecule has 2 amide bonds. The van der Waals surface area contributed by atoms with Crippen LogP contribution in [0.3, 0.4) is 0 Å². The van der Waals surface area contributed by atoms with E-state index in [9.17, 15) is 9.59 Å². The highest BCUT2D eigenvalue weighted by Gasteiger charge is 2.32. The standard InChI is InChI=1S/C23H27N3O3/c1-15-7-5-9-19-17(15)10-11-20-18(24-14-26(19)20)13-16-8-6-12-25(21(16)27)22(28)29-23(2,3)4/h5,7,9,13-14H,6,8,10-12H2,1-4H3/b16-13+. The van der Waals surface area contributed by atoms with Crippen LogP contribution in [0.5, 0.6) is 0 Å². The SMILES string of the molecule is Cc1cccc2c1CCc1c(/C=C3\CCCN(C(=O)OC(C)(C)C)C3=O)ncn1-2. The number of imide groups is 1. The van der Waals surface area contributed by atoms with Crippen LogP contribution in [-0.2, 0) is 22.4 Å². The lowest BCUT2D eigenvalue weighted by Gasteiger charge is -2.29. The number of hydrogen-bond acceptors (Lipinski definition) is 4. The molecule has 0 bridgehead atoms. The molecule has 29 heavy (non-hydrogen) atoms. The molecule has 0 unspecified atom stereocenters. The summed E-state index contributed by atoms with van der Waals surface area (Å²) in [6.45, 7) is 7.92. The average Bonchev–Trinajstić information content (AvgIpc) is 3.05. The molecule has 1 aromatic carbocycles. The largest absolute Gasteiger partial charge is 0.443 e. The summed E-state index contributed by atoms with van der Waals surface area (Å²) in [5, 5.41) is 0. The monoisotopic (exact) mass is 393 g/mol. The van der Waals surface area contributed by atoms with Crippen molar-refractivity contribution in [2.24, 2.45) is 0 Å². The second-order valence-corrected chi connectivity index (χ2v) is 8.73. The first-order chi connectivity index (χ1) is 13.7. The van der Waals surface area contributed by atoms with E-state index in [4.69, 9.17) is 4.74 Å². The first-order valence-electron chi connectivity index (χ1n) is 10.1. The molecule has 1 fully saturated rings. The second kappa shape index (κ2) is 7.17. The minimum Gasteiger partial charge on any atom is -0.443 e. The van der Waals surface area contributed by atoms with Gasteiger partial charge >= 0.3 is 6.09 Å². The highest BCUT2D eigenvalue weighted by molar-refractivity contribution is 6.05. The third kappa shape index (κ3) is 3.71. The van der Waals surface area contributed by atoms with Crippen molar-refractivity contribution in [3.8, 4) is 5.69 Å². The summed E-state index contributed by atoms with van der Waals surface area (Å²) < 4.78 is 7.51. The third-order valence-corrected chi connectivity index (χ3v) is 5.43. The summed E-state index contributed by atoms with van der Waals surface area (Å²) in [6.07, 6.45) is 6.31. The van der Waals surface area contributed by atoms with Crippen molar-refractivity contribution in [3.05, 3.63) is 52.6 Å². The van der Waals surface area contributed by atoms with E-state index < -0.39 is 11.7 Å². The molecule has 1 saturated heterocycles. The number of aromatic nitrogens is 2. The number of nitrogens with zero attached hydrogens (tertiary/aromatic N) is 3. The van der Waals surface area contributed by atoms with Gasteiger partial charge in [0.05, 0.1) is 17.1 Å². The third-order valence-electron chi connectivity index (χ3n) is 5.43. The van der Waals surface area contributed by atoms with Crippen LogP contribution in [0.4, 0.5) is 4.79 Å². The molecule has 152 valence electrons. The summed E-state index contributed by atoms with van der Waals surface area (Å²) in [7, 11) is 0. The highest BCUT2D eigenvalue weighted by Crippen LogP contribution is 2.30. The number of imidazole rings is 1. The quantitative estimate of drug-likeness (QED) is 0.681. The summed E-state index contributed by atoms with van der Waals surface area (Å²) in [5.74, 6) is -0.278. The molecule has 6 heteroatoms. The maximum Gasteiger partial charge on any atom is 0.417 e. The van der Waals surface area contributed by atoms with Crippen molar-refractivity contribution in [3.63, 3.8) is 0 Å². The molecule has 0 saturated carbocycles. The van der Waals surface area contributed by atoms with Crippen molar-refractivity contribution in [1.82, 2.24) is 14.5 Å². The summed E-state index contributed by atoms with van der Waals surface area (Å²) >= 11 is 0. The number of aryl methyl sites for hydroxylation is 1. The smallest absolute Gasteiger partial charge is 0.417 e. The first kappa shape index (κ1) is 19.4. The molecule has 0 atom stereocenters. The Kier molecular flexibility index (Phi) is 4.81. The van der Waals surface area contributed by atoms with Crippen LogP contribution in [0.2, 0.25) is 0 Å². The Morgan fingerprint density at radius 1 is 1.21 bits per heavy atom. The van der Waals surface area contributed by atoms with E-state index in [-0.39, 0.29) is 5.91 Å². The van der Waals surface area contributed by atoms with Gasteiger partial charge in [0.1, 0.15) is 11.9 Å². The molecule has 2 aliphatic rings. The lowest BCUT2D eigenvalue weighted by atomic mass is 9.95. The van der Waals surface area contributed by atoms with E-state index in [2.05, 4.69) is 34.7 Å². The number of rotatable bonds is 1. The van der Waals surface area contributed by atoms with Crippen LogP contribution in [0.25, 0.3) is 11.8 Å². The number of hydrogen-bond donors (Lipinski definition) is 0. The van der Waals surface area contributed by atoms with Crippen LogP contribution in [0, 0.1) is 6.92 Å². The lowest BCUT2D eigenvalue weighted by molar-refractivity contribution is -0.127. The number of fused-ring (bicyclic) bond motifs is 3. The molecule has 1 aromatic heterocycles. The Morgan fingerprint density at radius 2 is 2.00 bits per heavy atom. The van der Waals surface area contributed by atoms with Gasteiger partial charge in [-0.15, -0.1) is 0 Å². The Hall–Kier alpha value is -2.89. The number of benzene rings is 1. The molecule has 6 nitrogen and oxygen atoms in total. The number of ether oxygens (including phenoxy) is 1. The van der Waals surface area contributed by atoms with E-state index in [0.717, 1.165) is 36.3 Å². The fourth-order valence-electron chi connectivity index (χ4n) is 4.04. The topological polar surface area (TPSA) is 64.4 Å². The van der Waals surface area contributed by atoms with E-state index in [1.807, 2.05) is 12.4 Å². The average molecular weight is 393 g/mol. The Labute approximate surface area is 171 Å². The van der Waals surface area contributed by atoms with Gasteiger partial charge in [0.2, 0.25) is 0 Å². The van der Waals surface area contributed by atoms with Crippen LogP contribution in [-0.4, -0.2) is 38.6 Å². The molecule has 2 aromatic rings. The fraction of sp³-hybridized carbons (Fsp3) is 0.435. The van der Waals surface area contributed by atoms with E-state index >= 15 is 0 Å². The number of carbonyl (C=O) groups excluding carboxylic acids is 2. The van der Waals surface area contributed by atoms with Crippen molar-refractivity contribution >= 4 is 18.1 Å². The molecule has 0 aliphatic carbocycles. The number of likely N-dealkylation sites (tertiary alicyclic amines) is 1. The van der Waals surface area contributed by atoms with Gasteiger partial charge in [0, 0.05) is 12.1 Å². The maximum atomic E-state index is 12.9. The molecular formula is C23H27N3O3. The summed E-state index contributed by atoms with van der Waals surface area (Å²) in [6, 6.07) is 6.31. The van der Waals surface area contributed by atoms with Gasteiger partial charge in [-0.1, -0.05) is 12.1 Å². The number of carbonyl (C=O) groups is 2. The molecule has 4 rings (SSSR count). The predicted molar refractivity (Wildman–Crippen MR) is 111 cm³/mol. The zero-order chi connectivity index (χ0) is 20.8. The van der Waals surface area contributed by atoms with Gasteiger partial charge in [0.15, 0.2) is 0 Å². The second-order valence-electron chi connectivity index (χ2n) is 8.73. The van der Waals surface area contributed by atoms with Crippen LogP contribution in [0.1, 0.15) is 56.1 Å². The Balaban J connectivity index is 1.63. The maximum absolute atomic E-state index is 12.9. The zero-order valence-electron chi connectivity index (χ0n) is 17.5. The number of amides is 2. The van der Waals surface area contributed by atoms with Crippen molar-refractivity contribution < 1.29 is 14.3 Å². The summed E-state index contributed by atoms with van der Waals surface area (Å²) in [4.78, 5) is 31.1.